The normalized spacial score (nSPS) is 15.8. The van der Waals surface area contributed by atoms with Gasteiger partial charge in [0, 0.05) is 5.56 Å². The Labute approximate surface area is 115 Å². The summed E-state index contributed by atoms with van der Waals surface area (Å²) in [5.74, 6) is 0.390. The van der Waals surface area contributed by atoms with Gasteiger partial charge >= 0.3 is 6.18 Å². The molecule has 0 spiro atoms. The van der Waals surface area contributed by atoms with Gasteiger partial charge in [-0.1, -0.05) is 19.3 Å². The van der Waals surface area contributed by atoms with Crippen LogP contribution in [0.4, 0.5) is 13.2 Å². The summed E-state index contributed by atoms with van der Waals surface area (Å²) >= 11 is 0. The average Bonchev–Trinajstić information content (AvgIpc) is 2.30. The third-order valence-corrected chi connectivity index (χ3v) is 3.61. The number of amidine groups is 1. The summed E-state index contributed by atoms with van der Waals surface area (Å²) in [6.45, 7) is 0.480. The first-order valence-electron chi connectivity index (χ1n) is 6.56. The van der Waals surface area contributed by atoms with Crippen molar-refractivity contribution in [3.05, 3.63) is 29.3 Å². The van der Waals surface area contributed by atoms with Crippen molar-refractivity contribution in [1.82, 2.24) is 0 Å². The highest BCUT2D eigenvalue weighted by molar-refractivity contribution is 5.97. The molecule has 6 heteroatoms. The summed E-state index contributed by atoms with van der Waals surface area (Å²) in [6, 6.07) is 3.37. The van der Waals surface area contributed by atoms with Crippen molar-refractivity contribution in [2.45, 2.75) is 31.9 Å². The molecule has 0 atom stereocenters. The molecule has 1 aliphatic carbocycles. The van der Waals surface area contributed by atoms with Crippen LogP contribution in [0.15, 0.2) is 18.2 Å². The molecule has 0 saturated heterocycles. The van der Waals surface area contributed by atoms with Crippen LogP contribution in [-0.4, -0.2) is 12.4 Å². The van der Waals surface area contributed by atoms with Crippen LogP contribution in [0.3, 0.4) is 0 Å². The third-order valence-electron chi connectivity index (χ3n) is 3.61. The van der Waals surface area contributed by atoms with Gasteiger partial charge in [-0.05, 0) is 30.5 Å². The highest BCUT2D eigenvalue weighted by atomic mass is 19.4. The Bertz CT molecular complexity index is 496. The van der Waals surface area contributed by atoms with Crippen LogP contribution in [0.25, 0.3) is 0 Å². The van der Waals surface area contributed by atoms with Gasteiger partial charge in [0.15, 0.2) is 0 Å². The minimum atomic E-state index is -4.52. The van der Waals surface area contributed by atoms with Crippen LogP contribution < -0.4 is 10.5 Å². The number of benzene rings is 1. The van der Waals surface area contributed by atoms with Gasteiger partial charge in [-0.2, -0.15) is 13.2 Å². The first-order chi connectivity index (χ1) is 9.38. The summed E-state index contributed by atoms with van der Waals surface area (Å²) in [6.07, 6.45) is 0.0471. The standard InChI is InChI=1S/C14H17F3N2O/c15-14(16,17)12-5-4-10(8-11(12)13(18)19)20-7-6-9-2-1-3-9/h4-5,8-9H,1-3,6-7H2,(H3,18,19). The van der Waals surface area contributed by atoms with Crippen molar-refractivity contribution in [2.75, 3.05) is 6.61 Å². The van der Waals surface area contributed by atoms with E-state index in [-0.39, 0.29) is 5.56 Å². The first-order valence-corrected chi connectivity index (χ1v) is 6.56. The van der Waals surface area contributed by atoms with Crippen LogP contribution in [0.1, 0.15) is 36.8 Å². The maximum absolute atomic E-state index is 12.8. The van der Waals surface area contributed by atoms with Crippen molar-refractivity contribution in [1.29, 1.82) is 5.41 Å². The molecule has 0 amide bonds. The lowest BCUT2D eigenvalue weighted by Crippen LogP contribution is -2.19. The molecule has 0 unspecified atom stereocenters. The number of hydrogen-bond acceptors (Lipinski definition) is 2. The number of ether oxygens (including phenoxy) is 1. The maximum Gasteiger partial charge on any atom is 0.417 e. The quantitative estimate of drug-likeness (QED) is 0.642. The number of hydrogen-bond donors (Lipinski definition) is 2. The van der Waals surface area contributed by atoms with Gasteiger partial charge in [0.1, 0.15) is 11.6 Å². The van der Waals surface area contributed by atoms with E-state index in [4.69, 9.17) is 15.9 Å². The molecule has 1 aromatic carbocycles. The molecular weight excluding hydrogens is 269 g/mol. The lowest BCUT2D eigenvalue weighted by Gasteiger charge is -2.25. The topological polar surface area (TPSA) is 59.1 Å². The van der Waals surface area contributed by atoms with Crippen LogP contribution in [-0.2, 0) is 6.18 Å². The third kappa shape index (κ3) is 3.43. The van der Waals surface area contributed by atoms with Crippen molar-refractivity contribution in [3.63, 3.8) is 0 Å². The molecule has 0 radical (unpaired) electrons. The van der Waals surface area contributed by atoms with E-state index in [2.05, 4.69) is 0 Å². The van der Waals surface area contributed by atoms with Crippen molar-refractivity contribution >= 4 is 5.84 Å². The first kappa shape index (κ1) is 14.7. The second-order valence-corrected chi connectivity index (χ2v) is 5.05. The van der Waals surface area contributed by atoms with E-state index < -0.39 is 17.6 Å². The molecular formula is C14H17F3N2O. The molecule has 110 valence electrons. The largest absolute Gasteiger partial charge is 0.494 e. The fraction of sp³-hybridized carbons (Fsp3) is 0.500. The number of alkyl halides is 3. The van der Waals surface area contributed by atoms with Gasteiger partial charge < -0.3 is 10.5 Å². The molecule has 0 heterocycles. The smallest absolute Gasteiger partial charge is 0.417 e. The van der Waals surface area contributed by atoms with Gasteiger partial charge in [-0.3, -0.25) is 5.41 Å². The zero-order valence-electron chi connectivity index (χ0n) is 11.0. The van der Waals surface area contributed by atoms with Crippen LogP contribution >= 0.6 is 0 Å². The van der Waals surface area contributed by atoms with E-state index in [9.17, 15) is 13.2 Å². The lowest BCUT2D eigenvalue weighted by atomic mass is 9.83. The monoisotopic (exact) mass is 286 g/mol. The molecule has 1 aliphatic rings. The number of halogens is 3. The van der Waals surface area contributed by atoms with Gasteiger partial charge in [0.05, 0.1) is 12.2 Å². The van der Waals surface area contributed by atoms with Crippen LogP contribution in [0.5, 0.6) is 5.75 Å². The molecule has 3 N–H and O–H groups in total. The van der Waals surface area contributed by atoms with E-state index in [1.54, 1.807) is 0 Å². The Kier molecular flexibility index (Phi) is 4.20. The maximum atomic E-state index is 12.8. The molecule has 0 aliphatic heterocycles. The van der Waals surface area contributed by atoms with Crippen molar-refractivity contribution in [3.8, 4) is 5.75 Å². The fourth-order valence-corrected chi connectivity index (χ4v) is 2.21. The van der Waals surface area contributed by atoms with E-state index in [1.807, 2.05) is 0 Å². The van der Waals surface area contributed by atoms with Crippen molar-refractivity contribution in [2.24, 2.45) is 11.7 Å². The molecule has 2 rings (SSSR count). The summed E-state index contributed by atoms with van der Waals surface area (Å²) < 4.78 is 43.7. The number of rotatable bonds is 5. The second kappa shape index (κ2) is 5.73. The van der Waals surface area contributed by atoms with E-state index >= 15 is 0 Å². The lowest BCUT2D eigenvalue weighted by molar-refractivity contribution is -0.137. The highest BCUT2D eigenvalue weighted by Crippen LogP contribution is 2.34. The van der Waals surface area contributed by atoms with E-state index in [0.29, 0.717) is 18.3 Å². The predicted octanol–water partition coefficient (Wildman–Crippen LogP) is 3.56. The molecule has 3 nitrogen and oxygen atoms in total. The van der Waals surface area contributed by atoms with Gasteiger partial charge in [0.25, 0.3) is 0 Å². The second-order valence-electron chi connectivity index (χ2n) is 5.05. The van der Waals surface area contributed by atoms with Crippen molar-refractivity contribution < 1.29 is 17.9 Å². The summed E-state index contributed by atoms with van der Waals surface area (Å²) in [5, 5.41) is 7.26. The van der Waals surface area contributed by atoms with Gasteiger partial charge in [0.2, 0.25) is 0 Å². The summed E-state index contributed by atoms with van der Waals surface area (Å²) in [5.41, 5.74) is 3.97. The Hall–Kier alpha value is -1.72. The SMILES string of the molecule is N=C(N)c1cc(OCCC2CCC2)ccc1C(F)(F)F. The molecule has 20 heavy (non-hydrogen) atoms. The minimum Gasteiger partial charge on any atom is -0.494 e. The summed E-state index contributed by atoms with van der Waals surface area (Å²) in [7, 11) is 0. The summed E-state index contributed by atoms with van der Waals surface area (Å²) in [4.78, 5) is 0. The van der Waals surface area contributed by atoms with Gasteiger partial charge in [-0.25, -0.2) is 0 Å². The fourth-order valence-electron chi connectivity index (χ4n) is 2.21. The van der Waals surface area contributed by atoms with E-state index in [0.717, 1.165) is 12.5 Å². The Morgan fingerprint density at radius 2 is 2.05 bits per heavy atom. The number of nitrogens with two attached hydrogens (primary N) is 1. The van der Waals surface area contributed by atoms with Gasteiger partial charge in [-0.15, -0.1) is 0 Å². The predicted molar refractivity (Wildman–Crippen MR) is 69.9 cm³/mol. The van der Waals surface area contributed by atoms with Crippen LogP contribution in [0.2, 0.25) is 0 Å². The zero-order chi connectivity index (χ0) is 14.8. The highest BCUT2D eigenvalue weighted by Gasteiger charge is 2.34. The number of nitrogens with one attached hydrogen (secondary N) is 1. The molecule has 0 aromatic heterocycles. The Morgan fingerprint density at radius 1 is 1.35 bits per heavy atom. The minimum absolute atomic E-state index is 0.322. The Morgan fingerprint density at radius 3 is 2.55 bits per heavy atom. The van der Waals surface area contributed by atoms with E-state index in [1.165, 1.54) is 31.4 Å². The molecule has 1 aromatic rings. The van der Waals surface area contributed by atoms with Crippen LogP contribution in [0, 0.1) is 11.3 Å². The molecule has 1 fully saturated rings. The Balaban J connectivity index is 2.06. The molecule has 0 bridgehead atoms. The average molecular weight is 286 g/mol. The number of nitrogen functional groups attached to an aromatic ring is 1. The zero-order valence-corrected chi connectivity index (χ0v) is 11.0. The molecule has 1 saturated carbocycles.